The minimum atomic E-state index is 0.000734. The summed E-state index contributed by atoms with van der Waals surface area (Å²) in [6.07, 6.45) is 0. The SMILES string of the molecule is CCN(CC)c1ccc(-c2nnc(S[C@H](C)c3nc(C(C)C)no3)n2C)cc1. The van der Waals surface area contributed by atoms with Crippen molar-refractivity contribution in [3.8, 4) is 11.4 Å². The van der Waals surface area contributed by atoms with Crippen LogP contribution in [-0.4, -0.2) is 38.0 Å². The minimum absolute atomic E-state index is 0.000734. The molecule has 28 heavy (non-hydrogen) atoms. The van der Waals surface area contributed by atoms with Crippen LogP contribution in [0, 0.1) is 0 Å². The van der Waals surface area contributed by atoms with Crippen LogP contribution in [-0.2, 0) is 7.05 Å². The third-order valence-corrected chi connectivity index (χ3v) is 5.81. The summed E-state index contributed by atoms with van der Waals surface area (Å²) in [6.45, 7) is 12.4. The molecule has 0 saturated heterocycles. The van der Waals surface area contributed by atoms with Gasteiger partial charge in [0.05, 0.1) is 5.25 Å². The maximum absolute atomic E-state index is 5.40. The summed E-state index contributed by atoms with van der Waals surface area (Å²) >= 11 is 1.56. The molecule has 0 aliphatic rings. The quantitative estimate of drug-likeness (QED) is 0.508. The predicted molar refractivity (Wildman–Crippen MR) is 113 cm³/mol. The molecule has 0 saturated carbocycles. The molecule has 0 spiro atoms. The third-order valence-electron chi connectivity index (χ3n) is 4.69. The van der Waals surface area contributed by atoms with E-state index in [0.29, 0.717) is 5.89 Å². The van der Waals surface area contributed by atoms with Crippen LogP contribution in [0.5, 0.6) is 0 Å². The maximum Gasteiger partial charge on any atom is 0.239 e. The van der Waals surface area contributed by atoms with Crippen LogP contribution >= 0.6 is 11.8 Å². The lowest BCUT2D eigenvalue weighted by Gasteiger charge is -2.21. The van der Waals surface area contributed by atoms with Gasteiger partial charge in [0.1, 0.15) is 0 Å². The number of hydrogen-bond donors (Lipinski definition) is 0. The van der Waals surface area contributed by atoms with Crippen LogP contribution in [0.15, 0.2) is 33.9 Å². The second kappa shape index (κ2) is 8.77. The van der Waals surface area contributed by atoms with Gasteiger partial charge in [0.25, 0.3) is 0 Å². The molecule has 7 nitrogen and oxygen atoms in total. The topological polar surface area (TPSA) is 72.9 Å². The van der Waals surface area contributed by atoms with Crippen molar-refractivity contribution in [2.45, 2.75) is 50.9 Å². The highest BCUT2D eigenvalue weighted by Gasteiger charge is 2.20. The molecule has 3 aromatic rings. The molecule has 0 aliphatic carbocycles. The van der Waals surface area contributed by atoms with E-state index in [1.807, 2.05) is 32.4 Å². The first kappa shape index (κ1) is 20.4. The Balaban J connectivity index is 1.76. The monoisotopic (exact) mass is 400 g/mol. The number of rotatable bonds is 8. The summed E-state index contributed by atoms with van der Waals surface area (Å²) in [7, 11) is 1.98. The zero-order valence-corrected chi connectivity index (χ0v) is 18.2. The fraction of sp³-hybridized carbons (Fsp3) is 0.500. The molecule has 0 fully saturated rings. The maximum atomic E-state index is 5.40. The van der Waals surface area contributed by atoms with Crippen LogP contribution in [0.25, 0.3) is 11.4 Å². The van der Waals surface area contributed by atoms with Gasteiger partial charge in [0.15, 0.2) is 16.8 Å². The van der Waals surface area contributed by atoms with Crippen molar-refractivity contribution >= 4 is 17.4 Å². The number of aromatic nitrogens is 5. The van der Waals surface area contributed by atoms with Crippen LogP contribution < -0.4 is 4.90 Å². The Kier molecular flexibility index (Phi) is 6.39. The van der Waals surface area contributed by atoms with Crippen LogP contribution in [0.4, 0.5) is 5.69 Å². The van der Waals surface area contributed by atoms with Crippen molar-refractivity contribution in [1.82, 2.24) is 24.9 Å². The lowest BCUT2D eigenvalue weighted by molar-refractivity contribution is 0.373. The molecule has 0 unspecified atom stereocenters. The van der Waals surface area contributed by atoms with Gasteiger partial charge in [-0.2, -0.15) is 4.98 Å². The van der Waals surface area contributed by atoms with Crippen molar-refractivity contribution in [2.24, 2.45) is 7.05 Å². The standard InChI is InChI=1S/C20H28N6OS/c1-7-26(8-2)16-11-9-15(10-12-16)18-22-23-20(25(18)6)28-14(5)19-21-17(13(3)4)24-27-19/h9-14H,7-8H2,1-6H3/t14-/m1/s1. The van der Waals surface area contributed by atoms with Crippen molar-refractivity contribution in [3.05, 3.63) is 36.0 Å². The van der Waals surface area contributed by atoms with Crippen LogP contribution in [0.2, 0.25) is 0 Å². The van der Waals surface area contributed by atoms with Crippen LogP contribution in [0.1, 0.15) is 57.5 Å². The summed E-state index contributed by atoms with van der Waals surface area (Å²) in [5, 5.41) is 13.6. The molecule has 0 aliphatic heterocycles. The van der Waals surface area contributed by atoms with Crippen molar-refractivity contribution in [2.75, 3.05) is 18.0 Å². The third kappa shape index (κ3) is 4.22. The average Bonchev–Trinajstić information content (AvgIpc) is 3.32. The summed E-state index contributed by atoms with van der Waals surface area (Å²) in [5.41, 5.74) is 2.27. The number of hydrogen-bond acceptors (Lipinski definition) is 7. The van der Waals surface area contributed by atoms with Gasteiger partial charge in [0.2, 0.25) is 5.89 Å². The molecule has 2 aromatic heterocycles. The summed E-state index contributed by atoms with van der Waals surface area (Å²) in [4.78, 5) is 6.80. The Morgan fingerprint density at radius 1 is 1.07 bits per heavy atom. The fourth-order valence-electron chi connectivity index (χ4n) is 2.93. The van der Waals surface area contributed by atoms with Crippen molar-refractivity contribution in [1.29, 1.82) is 0 Å². The van der Waals surface area contributed by atoms with E-state index >= 15 is 0 Å². The minimum Gasteiger partial charge on any atom is -0.372 e. The summed E-state index contributed by atoms with van der Waals surface area (Å²) in [5.74, 6) is 2.43. The lowest BCUT2D eigenvalue weighted by Crippen LogP contribution is -2.21. The van der Waals surface area contributed by atoms with Gasteiger partial charge in [-0.15, -0.1) is 10.2 Å². The molecular weight excluding hydrogens is 372 g/mol. The van der Waals surface area contributed by atoms with E-state index in [9.17, 15) is 0 Å². The fourth-order valence-corrected chi connectivity index (χ4v) is 3.78. The first-order chi connectivity index (χ1) is 13.4. The van der Waals surface area contributed by atoms with Gasteiger partial charge in [-0.3, -0.25) is 0 Å². The highest BCUT2D eigenvalue weighted by molar-refractivity contribution is 7.99. The van der Waals surface area contributed by atoms with E-state index in [-0.39, 0.29) is 11.2 Å². The van der Waals surface area contributed by atoms with Gasteiger partial charge >= 0.3 is 0 Å². The van der Waals surface area contributed by atoms with Gasteiger partial charge in [-0.05, 0) is 45.0 Å². The Morgan fingerprint density at radius 3 is 2.32 bits per heavy atom. The van der Waals surface area contributed by atoms with Gasteiger partial charge in [-0.1, -0.05) is 30.8 Å². The normalized spacial score (nSPS) is 12.5. The Hall–Kier alpha value is -2.35. The van der Waals surface area contributed by atoms with Gasteiger partial charge in [0, 0.05) is 37.3 Å². The molecule has 0 bridgehead atoms. The Bertz CT molecular complexity index is 898. The molecule has 150 valence electrons. The Morgan fingerprint density at radius 2 is 1.75 bits per heavy atom. The molecule has 8 heteroatoms. The van der Waals surface area contributed by atoms with E-state index in [1.54, 1.807) is 11.8 Å². The number of anilines is 1. The molecule has 0 radical (unpaired) electrons. The second-order valence-electron chi connectivity index (χ2n) is 6.99. The molecule has 0 amide bonds. The van der Waals surface area contributed by atoms with E-state index < -0.39 is 0 Å². The largest absolute Gasteiger partial charge is 0.372 e. The molecule has 1 aromatic carbocycles. The number of nitrogens with zero attached hydrogens (tertiary/aromatic N) is 6. The smallest absolute Gasteiger partial charge is 0.239 e. The summed E-state index contributed by atoms with van der Waals surface area (Å²) < 4.78 is 7.41. The van der Waals surface area contributed by atoms with Crippen molar-refractivity contribution < 1.29 is 4.52 Å². The molecule has 2 heterocycles. The Labute approximate surface area is 170 Å². The van der Waals surface area contributed by atoms with E-state index in [0.717, 1.165) is 35.5 Å². The zero-order valence-electron chi connectivity index (χ0n) is 17.4. The van der Waals surface area contributed by atoms with E-state index in [2.05, 4.69) is 63.4 Å². The molecule has 0 N–H and O–H groups in total. The van der Waals surface area contributed by atoms with Gasteiger partial charge in [-0.25, -0.2) is 0 Å². The highest BCUT2D eigenvalue weighted by atomic mass is 32.2. The second-order valence-corrected chi connectivity index (χ2v) is 8.30. The first-order valence-corrected chi connectivity index (χ1v) is 10.6. The summed E-state index contributed by atoms with van der Waals surface area (Å²) in [6, 6.07) is 8.47. The first-order valence-electron chi connectivity index (χ1n) is 9.69. The van der Waals surface area contributed by atoms with E-state index in [1.165, 1.54) is 5.69 Å². The average molecular weight is 401 g/mol. The van der Waals surface area contributed by atoms with Crippen LogP contribution in [0.3, 0.4) is 0 Å². The number of benzene rings is 1. The van der Waals surface area contributed by atoms with E-state index in [4.69, 9.17) is 4.52 Å². The number of thioether (sulfide) groups is 1. The molecular formula is C20H28N6OS. The molecule has 3 rings (SSSR count). The predicted octanol–water partition coefficient (Wildman–Crippen LogP) is 4.69. The van der Waals surface area contributed by atoms with Crippen molar-refractivity contribution in [3.63, 3.8) is 0 Å². The zero-order chi connectivity index (χ0) is 20.3. The highest BCUT2D eigenvalue weighted by Crippen LogP contribution is 2.34. The lowest BCUT2D eigenvalue weighted by atomic mass is 10.2. The molecule has 1 atom stereocenters. The van der Waals surface area contributed by atoms with Gasteiger partial charge < -0.3 is 14.0 Å².